The number of methoxy groups -OCH3 is 2. The highest BCUT2D eigenvalue weighted by molar-refractivity contribution is 7.92. The fraction of sp³-hybridized carbons (Fsp3) is 0.364. The van der Waals surface area contributed by atoms with Crippen LogP contribution in [0.2, 0.25) is 0 Å². The van der Waals surface area contributed by atoms with Crippen LogP contribution in [0.15, 0.2) is 45.8 Å². The first kappa shape index (κ1) is 23.6. The molecule has 1 aromatic heterocycles. The van der Waals surface area contributed by atoms with Crippen molar-refractivity contribution in [1.82, 2.24) is 10.1 Å². The van der Waals surface area contributed by atoms with Gasteiger partial charge in [-0.1, -0.05) is 17.3 Å². The first-order valence-electron chi connectivity index (χ1n) is 10.6. The van der Waals surface area contributed by atoms with Crippen LogP contribution in [0.3, 0.4) is 0 Å². The average molecular weight is 491 g/mol. The topological polar surface area (TPSA) is 146 Å². The molecule has 182 valence electrons. The molecule has 2 heterocycles. The highest BCUT2D eigenvalue weighted by atomic mass is 32.2. The van der Waals surface area contributed by atoms with Crippen LogP contribution in [0.5, 0.6) is 11.5 Å². The van der Waals surface area contributed by atoms with Crippen molar-refractivity contribution in [2.45, 2.75) is 30.4 Å². The van der Waals surface area contributed by atoms with E-state index in [1.54, 1.807) is 24.3 Å². The lowest BCUT2D eigenvalue weighted by Gasteiger charge is -2.31. The van der Waals surface area contributed by atoms with Gasteiger partial charge in [-0.25, -0.2) is 13.2 Å². The number of benzene rings is 2. The van der Waals surface area contributed by atoms with Gasteiger partial charge in [-0.3, -0.25) is 9.62 Å². The standard InChI is InChI=1S/C22H26N4O7S/c1-30-16-5-3-4-6-19(16)34(28,29)25-21-20-17(31-2)11-14(12-18(20)33-24-21)13-26-9-7-15(8-10-26)32-22(23)27/h3-6,11-12,15H,7-10,13H2,1-2H3,(H2,23,27)(H,24,25). The molecule has 1 amide bonds. The smallest absolute Gasteiger partial charge is 0.404 e. The summed E-state index contributed by atoms with van der Waals surface area (Å²) in [7, 11) is -1.10. The molecule has 0 atom stereocenters. The van der Waals surface area contributed by atoms with E-state index >= 15 is 0 Å². The second-order valence-corrected chi connectivity index (χ2v) is 9.52. The number of nitrogens with one attached hydrogen (secondary N) is 1. The van der Waals surface area contributed by atoms with Crippen LogP contribution in [-0.2, 0) is 21.3 Å². The molecule has 11 nitrogen and oxygen atoms in total. The number of amides is 1. The maximum Gasteiger partial charge on any atom is 0.404 e. The third-order valence-electron chi connectivity index (χ3n) is 5.63. The number of hydrogen-bond donors (Lipinski definition) is 2. The maximum atomic E-state index is 13.0. The Labute approximate surface area is 196 Å². The molecule has 3 aromatic rings. The minimum Gasteiger partial charge on any atom is -0.496 e. The Kier molecular flexibility index (Phi) is 6.80. The van der Waals surface area contributed by atoms with Gasteiger partial charge in [-0.05, 0) is 42.7 Å². The van der Waals surface area contributed by atoms with Crippen LogP contribution < -0.4 is 19.9 Å². The molecular weight excluding hydrogens is 464 g/mol. The predicted molar refractivity (Wildman–Crippen MR) is 123 cm³/mol. The lowest BCUT2D eigenvalue weighted by atomic mass is 10.1. The van der Waals surface area contributed by atoms with Crippen LogP contribution in [0.1, 0.15) is 18.4 Å². The van der Waals surface area contributed by atoms with E-state index in [0.29, 0.717) is 36.1 Å². The number of ether oxygens (including phenoxy) is 3. The number of hydrogen-bond acceptors (Lipinski definition) is 9. The van der Waals surface area contributed by atoms with Crippen LogP contribution in [0, 0.1) is 0 Å². The quantitative estimate of drug-likeness (QED) is 0.486. The highest BCUT2D eigenvalue weighted by Crippen LogP contribution is 2.36. The summed E-state index contributed by atoms with van der Waals surface area (Å²) in [5.74, 6) is 0.661. The van der Waals surface area contributed by atoms with Gasteiger partial charge in [0.15, 0.2) is 11.4 Å². The summed E-state index contributed by atoms with van der Waals surface area (Å²) in [5, 5.41) is 4.35. The molecule has 0 aliphatic carbocycles. The summed E-state index contributed by atoms with van der Waals surface area (Å²) in [6.45, 7) is 2.08. The minimum atomic E-state index is -4.00. The van der Waals surface area contributed by atoms with E-state index in [4.69, 9.17) is 24.5 Å². The summed E-state index contributed by atoms with van der Waals surface area (Å²) >= 11 is 0. The number of para-hydroxylation sites is 1. The van der Waals surface area contributed by atoms with Gasteiger partial charge in [0, 0.05) is 19.6 Å². The molecule has 0 radical (unpaired) electrons. The largest absolute Gasteiger partial charge is 0.496 e. The SMILES string of the molecule is COc1ccccc1S(=O)(=O)Nc1noc2cc(CN3CCC(OC(N)=O)CC3)cc(OC)c12. The molecule has 34 heavy (non-hydrogen) atoms. The normalized spacial score (nSPS) is 15.2. The number of nitrogens with zero attached hydrogens (tertiary/aromatic N) is 2. The molecule has 1 fully saturated rings. The Morgan fingerprint density at radius 1 is 1.18 bits per heavy atom. The van der Waals surface area contributed by atoms with E-state index in [-0.39, 0.29) is 22.6 Å². The molecule has 0 bridgehead atoms. The van der Waals surface area contributed by atoms with E-state index in [1.807, 2.05) is 6.07 Å². The van der Waals surface area contributed by atoms with Crippen molar-refractivity contribution in [1.29, 1.82) is 0 Å². The fourth-order valence-electron chi connectivity index (χ4n) is 4.04. The zero-order valence-electron chi connectivity index (χ0n) is 18.8. The molecule has 1 saturated heterocycles. The van der Waals surface area contributed by atoms with Gasteiger partial charge in [0.25, 0.3) is 10.0 Å². The van der Waals surface area contributed by atoms with Crippen molar-refractivity contribution < 1.29 is 31.9 Å². The van der Waals surface area contributed by atoms with E-state index in [2.05, 4.69) is 14.8 Å². The van der Waals surface area contributed by atoms with Crippen LogP contribution in [-0.4, -0.2) is 58.0 Å². The fourth-order valence-corrected chi connectivity index (χ4v) is 5.22. The highest BCUT2D eigenvalue weighted by Gasteiger charge is 2.25. The van der Waals surface area contributed by atoms with Gasteiger partial charge >= 0.3 is 6.09 Å². The van der Waals surface area contributed by atoms with Crippen LogP contribution in [0.25, 0.3) is 11.0 Å². The van der Waals surface area contributed by atoms with Crippen molar-refractivity contribution in [2.24, 2.45) is 5.73 Å². The summed E-state index contributed by atoms with van der Waals surface area (Å²) in [6.07, 6.45) is 0.467. The molecule has 4 rings (SSSR count). The molecule has 0 saturated carbocycles. The van der Waals surface area contributed by atoms with E-state index in [1.165, 1.54) is 20.3 Å². The lowest BCUT2D eigenvalue weighted by Crippen LogP contribution is -2.38. The molecule has 0 spiro atoms. The second kappa shape index (κ2) is 9.77. The zero-order valence-corrected chi connectivity index (χ0v) is 19.6. The molecule has 0 unspecified atom stereocenters. The Balaban J connectivity index is 1.55. The molecule has 1 aliphatic heterocycles. The number of carbonyl (C=O) groups is 1. The van der Waals surface area contributed by atoms with E-state index in [0.717, 1.165) is 18.7 Å². The summed E-state index contributed by atoms with van der Waals surface area (Å²) in [6, 6.07) is 9.92. The molecular formula is C22H26N4O7S. The van der Waals surface area contributed by atoms with Crippen LogP contribution >= 0.6 is 0 Å². The molecule has 2 aromatic carbocycles. The van der Waals surface area contributed by atoms with Gasteiger partial charge < -0.3 is 24.5 Å². The second-order valence-electron chi connectivity index (χ2n) is 7.87. The van der Waals surface area contributed by atoms with Crippen LogP contribution in [0.4, 0.5) is 10.6 Å². The summed E-state index contributed by atoms with van der Waals surface area (Å²) < 4.78 is 49.7. The maximum absolute atomic E-state index is 13.0. The van der Waals surface area contributed by atoms with Crippen molar-refractivity contribution in [2.75, 3.05) is 32.0 Å². The Morgan fingerprint density at radius 3 is 2.56 bits per heavy atom. The van der Waals surface area contributed by atoms with Gasteiger partial charge in [-0.2, -0.15) is 0 Å². The molecule has 12 heteroatoms. The number of anilines is 1. The number of carbonyl (C=O) groups excluding carboxylic acids is 1. The van der Waals surface area contributed by atoms with Gasteiger partial charge in [0.2, 0.25) is 0 Å². The Morgan fingerprint density at radius 2 is 1.88 bits per heavy atom. The third kappa shape index (κ3) is 5.02. The van der Waals surface area contributed by atoms with Gasteiger partial charge in [-0.15, -0.1) is 0 Å². The van der Waals surface area contributed by atoms with E-state index in [9.17, 15) is 13.2 Å². The average Bonchev–Trinajstić information content (AvgIpc) is 3.21. The number of fused-ring (bicyclic) bond motifs is 1. The van der Waals surface area contributed by atoms with E-state index < -0.39 is 16.1 Å². The van der Waals surface area contributed by atoms with Crippen molar-refractivity contribution >= 4 is 32.9 Å². The Bertz CT molecular complexity index is 1280. The number of nitrogens with two attached hydrogens (primary N) is 1. The number of aromatic nitrogens is 1. The number of rotatable bonds is 8. The lowest BCUT2D eigenvalue weighted by molar-refractivity contribution is 0.0541. The van der Waals surface area contributed by atoms with Crippen molar-refractivity contribution in [3.05, 3.63) is 42.0 Å². The van der Waals surface area contributed by atoms with Crippen molar-refractivity contribution in [3.8, 4) is 11.5 Å². The summed E-state index contributed by atoms with van der Waals surface area (Å²) in [4.78, 5) is 13.1. The predicted octanol–water partition coefficient (Wildman–Crippen LogP) is 2.71. The number of piperidine rings is 1. The first-order chi connectivity index (χ1) is 16.3. The Hall–Kier alpha value is -3.51. The van der Waals surface area contributed by atoms with Gasteiger partial charge in [0.05, 0.1) is 14.2 Å². The molecule has 1 aliphatic rings. The zero-order chi connectivity index (χ0) is 24.3. The van der Waals surface area contributed by atoms with Crippen molar-refractivity contribution in [3.63, 3.8) is 0 Å². The third-order valence-corrected chi connectivity index (χ3v) is 7.01. The first-order valence-corrected chi connectivity index (χ1v) is 12.1. The number of primary amides is 1. The minimum absolute atomic E-state index is 0.0204. The summed E-state index contributed by atoms with van der Waals surface area (Å²) in [5.41, 5.74) is 6.40. The number of sulfonamides is 1. The monoisotopic (exact) mass is 490 g/mol. The number of likely N-dealkylation sites (tertiary alicyclic amines) is 1. The molecule has 3 N–H and O–H groups in total. The van der Waals surface area contributed by atoms with Gasteiger partial charge in [0.1, 0.15) is 27.9 Å².